The zero-order valence-electron chi connectivity index (χ0n) is 22.8. The molecular formula is C29H39N3O5S. The summed E-state index contributed by atoms with van der Waals surface area (Å²) in [4.78, 5) is 29.1. The molecule has 2 aromatic rings. The number of carbonyl (C=O) groups is 2. The summed E-state index contributed by atoms with van der Waals surface area (Å²) in [6.07, 6.45) is 3.58. The maximum absolute atomic E-state index is 13.5. The highest BCUT2D eigenvalue weighted by atomic mass is 32.2. The minimum Gasteiger partial charge on any atom is -0.458 e. The van der Waals surface area contributed by atoms with Crippen LogP contribution in [-0.4, -0.2) is 61.9 Å². The van der Waals surface area contributed by atoms with Crippen LogP contribution in [0.4, 0.5) is 5.69 Å². The second kappa shape index (κ2) is 11.5. The molecule has 2 heterocycles. The first kappa shape index (κ1) is 28.1. The molecular weight excluding hydrogens is 502 g/mol. The fraction of sp³-hybridized carbons (Fsp3) is 0.517. The molecule has 9 heteroatoms. The van der Waals surface area contributed by atoms with Gasteiger partial charge in [-0.1, -0.05) is 29.8 Å². The summed E-state index contributed by atoms with van der Waals surface area (Å²) in [7, 11) is -3.85. The number of hydrogen-bond donors (Lipinski definition) is 1. The van der Waals surface area contributed by atoms with Crippen molar-refractivity contribution in [2.75, 3.05) is 24.5 Å². The largest absolute Gasteiger partial charge is 0.458 e. The summed E-state index contributed by atoms with van der Waals surface area (Å²) >= 11 is 0. The van der Waals surface area contributed by atoms with Gasteiger partial charge in [0.2, 0.25) is 15.9 Å². The number of aryl methyl sites for hydroxylation is 1. The maximum Gasteiger partial charge on any atom is 0.329 e. The van der Waals surface area contributed by atoms with Gasteiger partial charge >= 0.3 is 5.97 Å². The topological polar surface area (TPSA) is 96.0 Å². The number of carbonyl (C=O) groups excluding carboxylic acids is 2. The van der Waals surface area contributed by atoms with E-state index in [4.69, 9.17) is 4.74 Å². The quantitative estimate of drug-likeness (QED) is 0.511. The first-order chi connectivity index (χ1) is 17.9. The van der Waals surface area contributed by atoms with Gasteiger partial charge in [-0.3, -0.25) is 4.79 Å². The van der Waals surface area contributed by atoms with E-state index in [1.807, 2.05) is 31.2 Å². The second-order valence-electron chi connectivity index (χ2n) is 11.2. The minimum absolute atomic E-state index is 0.157. The number of sulfonamides is 1. The first-order valence-electron chi connectivity index (χ1n) is 13.4. The number of anilines is 1. The molecule has 0 radical (unpaired) electrons. The van der Waals surface area contributed by atoms with E-state index in [0.29, 0.717) is 12.8 Å². The lowest BCUT2D eigenvalue weighted by Gasteiger charge is -2.28. The first-order valence-corrected chi connectivity index (χ1v) is 14.8. The Labute approximate surface area is 226 Å². The lowest BCUT2D eigenvalue weighted by Crippen LogP contribution is -2.52. The molecule has 0 aromatic heterocycles. The van der Waals surface area contributed by atoms with Crippen molar-refractivity contribution in [2.24, 2.45) is 0 Å². The summed E-state index contributed by atoms with van der Waals surface area (Å²) in [5.74, 6) is -1.02. The van der Waals surface area contributed by atoms with E-state index in [-0.39, 0.29) is 17.9 Å². The van der Waals surface area contributed by atoms with Crippen LogP contribution in [0.5, 0.6) is 0 Å². The highest BCUT2D eigenvalue weighted by Crippen LogP contribution is 2.27. The third kappa shape index (κ3) is 6.74. The summed E-state index contributed by atoms with van der Waals surface area (Å²) in [6.45, 7) is 9.56. The standard InChI is InChI=1S/C29H39N3O5S/c1-21-9-15-24(16-10-21)38(35,36)32-19-7-8-26(32)27(33)30-25(28(34)37-29(2,3)4)20-22-11-13-23(14-12-22)31-17-5-6-18-31/h9-16,25-26H,5-8,17-20H2,1-4H3,(H,30,33)/t25-,26-/m0/s1. The van der Waals surface area contributed by atoms with Crippen molar-refractivity contribution in [3.8, 4) is 0 Å². The van der Waals surface area contributed by atoms with Crippen LogP contribution < -0.4 is 10.2 Å². The fourth-order valence-corrected chi connectivity index (χ4v) is 6.68. The van der Waals surface area contributed by atoms with E-state index in [9.17, 15) is 18.0 Å². The van der Waals surface area contributed by atoms with Gasteiger partial charge in [-0.15, -0.1) is 0 Å². The Kier molecular flexibility index (Phi) is 8.47. The molecule has 206 valence electrons. The summed E-state index contributed by atoms with van der Waals surface area (Å²) < 4.78 is 33.6. The van der Waals surface area contributed by atoms with Gasteiger partial charge < -0.3 is 15.0 Å². The fourth-order valence-electron chi connectivity index (χ4n) is 5.02. The number of ether oxygens (including phenoxy) is 1. The lowest BCUT2D eigenvalue weighted by molar-refractivity contribution is -0.158. The van der Waals surface area contributed by atoms with Crippen LogP contribution in [0, 0.1) is 6.92 Å². The van der Waals surface area contributed by atoms with Crippen molar-refractivity contribution < 1.29 is 22.7 Å². The second-order valence-corrected chi connectivity index (χ2v) is 13.1. The van der Waals surface area contributed by atoms with Crippen molar-refractivity contribution >= 4 is 27.6 Å². The van der Waals surface area contributed by atoms with Crippen molar-refractivity contribution in [1.29, 1.82) is 0 Å². The SMILES string of the molecule is Cc1ccc(S(=O)(=O)N2CCC[C@H]2C(=O)N[C@@H](Cc2ccc(N3CCCC3)cc2)C(=O)OC(C)(C)C)cc1. The van der Waals surface area contributed by atoms with Crippen molar-refractivity contribution in [3.05, 3.63) is 59.7 Å². The highest BCUT2D eigenvalue weighted by molar-refractivity contribution is 7.89. The molecule has 2 aliphatic rings. The molecule has 2 saturated heterocycles. The number of amides is 1. The van der Waals surface area contributed by atoms with Gasteiger partial charge in [0.15, 0.2) is 0 Å². The zero-order chi connectivity index (χ0) is 27.5. The van der Waals surface area contributed by atoms with Gasteiger partial charge in [-0.25, -0.2) is 13.2 Å². The zero-order valence-corrected chi connectivity index (χ0v) is 23.6. The summed E-state index contributed by atoms with van der Waals surface area (Å²) in [6, 6.07) is 12.8. The van der Waals surface area contributed by atoms with E-state index >= 15 is 0 Å². The van der Waals surface area contributed by atoms with Crippen molar-refractivity contribution in [1.82, 2.24) is 9.62 Å². The number of esters is 1. The van der Waals surface area contributed by atoms with Gasteiger partial charge in [0.05, 0.1) is 4.90 Å². The average molecular weight is 542 g/mol. The van der Waals surface area contributed by atoms with Gasteiger partial charge in [0, 0.05) is 31.7 Å². The predicted molar refractivity (Wildman–Crippen MR) is 147 cm³/mol. The molecule has 38 heavy (non-hydrogen) atoms. The minimum atomic E-state index is -3.85. The van der Waals surface area contributed by atoms with Gasteiger partial charge in [-0.05, 0) is 83.2 Å². The number of hydrogen-bond acceptors (Lipinski definition) is 6. The Hall–Kier alpha value is -2.91. The molecule has 2 aromatic carbocycles. The number of nitrogens with zero attached hydrogens (tertiary/aromatic N) is 2. The smallest absolute Gasteiger partial charge is 0.329 e. The van der Waals surface area contributed by atoms with E-state index in [1.54, 1.807) is 45.0 Å². The molecule has 0 aliphatic carbocycles. The third-order valence-corrected chi connectivity index (χ3v) is 8.91. The number of rotatable bonds is 8. The molecule has 0 saturated carbocycles. The van der Waals surface area contributed by atoms with Crippen molar-refractivity contribution in [3.63, 3.8) is 0 Å². The maximum atomic E-state index is 13.5. The molecule has 0 bridgehead atoms. The Bertz CT molecular complexity index is 1230. The van der Waals surface area contributed by atoms with Crippen LogP contribution in [0.1, 0.15) is 57.6 Å². The molecule has 0 spiro atoms. The van der Waals surface area contributed by atoms with Gasteiger partial charge in [0.1, 0.15) is 17.7 Å². The highest BCUT2D eigenvalue weighted by Gasteiger charge is 2.41. The van der Waals surface area contributed by atoms with Crippen LogP contribution in [0.25, 0.3) is 0 Å². The molecule has 2 atom stereocenters. The molecule has 4 rings (SSSR count). The van der Waals surface area contributed by atoms with E-state index in [1.165, 1.54) is 17.1 Å². The summed E-state index contributed by atoms with van der Waals surface area (Å²) in [5.41, 5.74) is 2.26. The van der Waals surface area contributed by atoms with E-state index in [2.05, 4.69) is 10.2 Å². The Balaban J connectivity index is 1.51. The van der Waals surface area contributed by atoms with Crippen LogP contribution in [0.2, 0.25) is 0 Å². The van der Waals surface area contributed by atoms with Crippen LogP contribution >= 0.6 is 0 Å². The van der Waals surface area contributed by atoms with Gasteiger partial charge in [0.25, 0.3) is 0 Å². The molecule has 1 N–H and O–H groups in total. The van der Waals surface area contributed by atoms with Crippen LogP contribution in [-0.2, 0) is 30.8 Å². The normalized spacial score (nSPS) is 19.4. The summed E-state index contributed by atoms with van der Waals surface area (Å²) in [5, 5.41) is 2.83. The Morgan fingerprint density at radius 1 is 0.974 bits per heavy atom. The van der Waals surface area contributed by atoms with Crippen molar-refractivity contribution in [2.45, 2.75) is 82.4 Å². The molecule has 1 amide bonds. The Morgan fingerprint density at radius 2 is 1.61 bits per heavy atom. The molecule has 2 aliphatic heterocycles. The van der Waals surface area contributed by atoms with Crippen LogP contribution in [0.3, 0.4) is 0 Å². The molecule has 2 fully saturated rings. The number of nitrogens with one attached hydrogen (secondary N) is 1. The monoisotopic (exact) mass is 541 g/mol. The van der Waals surface area contributed by atoms with Gasteiger partial charge in [-0.2, -0.15) is 4.31 Å². The Morgan fingerprint density at radius 3 is 2.21 bits per heavy atom. The lowest BCUT2D eigenvalue weighted by atomic mass is 10.0. The predicted octanol–water partition coefficient (Wildman–Crippen LogP) is 3.82. The number of benzene rings is 2. The van der Waals surface area contributed by atoms with Crippen LogP contribution in [0.15, 0.2) is 53.4 Å². The molecule has 8 nitrogen and oxygen atoms in total. The average Bonchev–Trinajstić information content (AvgIpc) is 3.56. The molecule has 0 unspecified atom stereocenters. The van der Waals surface area contributed by atoms with E-state index in [0.717, 1.165) is 29.9 Å². The third-order valence-electron chi connectivity index (χ3n) is 6.99. The van der Waals surface area contributed by atoms with E-state index < -0.39 is 39.6 Å².